The summed E-state index contributed by atoms with van der Waals surface area (Å²) in [6, 6.07) is 13.2. The first-order valence-electron chi connectivity index (χ1n) is 11.9. The van der Waals surface area contributed by atoms with Gasteiger partial charge in [0.05, 0.1) is 5.56 Å². The van der Waals surface area contributed by atoms with Crippen LogP contribution in [0, 0.1) is 6.92 Å². The van der Waals surface area contributed by atoms with Gasteiger partial charge >= 0.3 is 6.18 Å². The minimum Gasteiger partial charge on any atom is -0.439 e. The monoisotopic (exact) mass is 498 g/mol. The van der Waals surface area contributed by atoms with Gasteiger partial charge < -0.3 is 15.8 Å². The molecule has 190 valence electrons. The van der Waals surface area contributed by atoms with Crippen molar-refractivity contribution < 1.29 is 22.7 Å². The molecule has 1 fully saturated rings. The van der Waals surface area contributed by atoms with Gasteiger partial charge in [0.2, 0.25) is 5.88 Å². The quantitative estimate of drug-likeness (QED) is 0.418. The lowest BCUT2D eigenvalue weighted by molar-refractivity contribution is -0.138. The normalized spacial score (nSPS) is 18.0. The molecule has 1 aliphatic carbocycles. The van der Waals surface area contributed by atoms with E-state index >= 15 is 0 Å². The highest BCUT2D eigenvalue weighted by Crippen LogP contribution is 2.32. The molecule has 3 aromatic rings. The first-order chi connectivity index (χ1) is 17.2. The van der Waals surface area contributed by atoms with Crippen molar-refractivity contribution in [1.29, 1.82) is 0 Å². The average Bonchev–Trinajstić information content (AvgIpc) is 2.81. The predicted molar refractivity (Wildman–Crippen MR) is 131 cm³/mol. The Bertz CT molecular complexity index is 1200. The van der Waals surface area contributed by atoms with Crippen LogP contribution in [0.15, 0.2) is 54.9 Å². The van der Waals surface area contributed by atoms with E-state index in [9.17, 15) is 18.0 Å². The molecule has 0 bridgehead atoms. The lowest BCUT2D eigenvalue weighted by atomic mass is 9.92. The molecule has 2 atom stereocenters. The number of nitrogens with zero attached hydrogens (tertiary/aromatic N) is 2. The zero-order chi connectivity index (χ0) is 25.7. The fourth-order valence-electron chi connectivity index (χ4n) is 4.44. The van der Waals surface area contributed by atoms with Crippen LogP contribution in [0.5, 0.6) is 11.6 Å². The number of Topliss-reactive ketones (excluding diaryl/α,β-unsaturated/α-hetero) is 1. The van der Waals surface area contributed by atoms with Crippen molar-refractivity contribution in [2.75, 3.05) is 5.32 Å². The van der Waals surface area contributed by atoms with E-state index in [4.69, 9.17) is 10.5 Å². The first kappa shape index (κ1) is 25.6. The molecule has 1 aromatic heterocycles. The van der Waals surface area contributed by atoms with Crippen molar-refractivity contribution in [3.8, 4) is 11.6 Å². The van der Waals surface area contributed by atoms with Gasteiger partial charge in [-0.1, -0.05) is 24.3 Å². The van der Waals surface area contributed by atoms with E-state index in [-0.39, 0.29) is 36.3 Å². The van der Waals surface area contributed by atoms with E-state index in [0.29, 0.717) is 23.0 Å². The summed E-state index contributed by atoms with van der Waals surface area (Å²) >= 11 is 0. The number of rotatable bonds is 8. The number of nitrogens with one attached hydrogen (secondary N) is 1. The highest BCUT2D eigenvalue weighted by atomic mass is 19.4. The van der Waals surface area contributed by atoms with Crippen LogP contribution in [0.3, 0.4) is 0 Å². The molecule has 0 saturated heterocycles. The van der Waals surface area contributed by atoms with Crippen molar-refractivity contribution >= 4 is 11.6 Å². The van der Waals surface area contributed by atoms with Crippen LogP contribution in [-0.4, -0.2) is 27.8 Å². The number of halogens is 3. The Balaban J connectivity index is 1.33. The number of ketones is 1. The third kappa shape index (κ3) is 7.04. The van der Waals surface area contributed by atoms with E-state index < -0.39 is 11.7 Å². The standard InChI is InChI=1S/C27H29F3N4O2/c1-17-5-6-19(13-24(17)27(28,29)30)12-22(35)11-18-7-9-23(10-8-18)36-26-15-25(32-16-33-26)34-21-4-2-3-20(31)14-21/h5-10,13,15-16,20-21H,2-4,11-12,14,31H2,1H3,(H,32,33,34). The zero-order valence-electron chi connectivity index (χ0n) is 20.0. The first-order valence-corrected chi connectivity index (χ1v) is 11.9. The SMILES string of the molecule is Cc1ccc(CC(=O)Cc2ccc(Oc3cc(NC4CCCC(N)C4)ncn3)cc2)cc1C(F)(F)F. The van der Waals surface area contributed by atoms with Crippen LogP contribution in [0.1, 0.15) is 47.9 Å². The van der Waals surface area contributed by atoms with Crippen molar-refractivity contribution in [3.63, 3.8) is 0 Å². The van der Waals surface area contributed by atoms with Gasteiger partial charge in [-0.05, 0) is 67.5 Å². The van der Waals surface area contributed by atoms with E-state index in [1.165, 1.54) is 19.3 Å². The van der Waals surface area contributed by atoms with Crippen LogP contribution < -0.4 is 15.8 Å². The Morgan fingerprint density at radius 1 is 1.06 bits per heavy atom. The minimum absolute atomic E-state index is 0.0653. The molecule has 4 rings (SSSR count). The number of anilines is 1. The van der Waals surface area contributed by atoms with Gasteiger partial charge in [0.1, 0.15) is 23.7 Å². The zero-order valence-corrected chi connectivity index (χ0v) is 20.0. The van der Waals surface area contributed by atoms with Crippen LogP contribution in [0.4, 0.5) is 19.0 Å². The third-order valence-corrected chi connectivity index (χ3v) is 6.26. The second-order valence-corrected chi connectivity index (χ2v) is 9.29. The molecule has 0 amide bonds. The molecule has 0 radical (unpaired) electrons. The molecule has 0 spiro atoms. The molecular formula is C27H29F3N4O2. The molecule has 3 N–H and O–H groups in total. The predicted octanol–water partition coefficient (Wildman–Crippen LogP) is 5.63. The van der Waals surface area contributed by atoms with Crippen molar-refractivity contribution in [2.45, 2.75) is 63.7 Å². The van der Waals surface area contributed by atoms with Gasteiger partial charge in [0.15, 0.2) is 0 Å². The fourth-order valence-corrected chi connectivity index (χ4v) is 4.44. The summed E-state index contributed by atoms with van der Waals surface area (Å²) in [5, 5.41) is 3.39. The molecule has 1 saturated carbocycles. The van der Waals surface area contributed by atoms with Gasteiger partial charge in [-0.2, -0.15) is 13.2 Å². The van der Waals surface area contributed by atoms with Crippen LogP contribution in [0.25, 0.3) is 0 Å². The number of carbonyl (C=O) groups excluding carboxylic acids is 1. The van der Waals surface area contributed by atoms with Crippen LogP contribution in [0.2, 0.25) is 0 Å². The summed E-state index contributed by atoms with van der Waals surface area (Å²) in [6.45, 7) is 1.41. The summed E-state index contributed by atoms with van der Waals surface area (Å²) in [5.41, 5.74) is 6.58. The summed E-state index contributed by atoms with van der Waals surface area (Å²) in [4.78, 5) is 20.9. The average molecular weight is 499 g/mol. The number of nitrogens with two attached hydrogens (primary N) is 1. The van der Waals surface area contributed by atoms with Crippen molar-refractivity contribution in [2.24, 2.45) is 5.73 Å². The fraction of sp³-hybridized carbons (Fsp3) is 0.370. The van der Waals surface area contributed by atoms with Crippen LogP contribution >= 0.6 is 0 Å². The summed E-state index contributed by atoms with van der Waals surface area (Å²) in [5.74, 6) is 1.43. The summed E-state index contributed by atoms with van der Waals surface area (Å²) < 4.78 is 45.2. The maximum atomic E-state index is 13.1. The number of ether oxygens (including phenoxy) is 1. The second-order valence-electron chi connectivity index (χ2n) is 9.29. The van der Waals surface area contributed by atoms with Crippen LogP contribution in [-0.2, 0) is 23.8 Å². The lowest BCUT2D eigenvalue weighted by Gasteiger charge is -2.27. The highest BCUT2D eigenvalue weighted by Gasteiger charge is 2.32. The number of hydrogen-bond donors (Lipinski definition) is 2. The van der Waals surface area contributed by atoms with Gasteiger partial charge in [0, 0.05) is 31.0 Å². The van der Waals surface area contributed by atoms with Gasteiger partial charge in [-0.25, -0.2) is 9.97 Å². The maximum absolute atomic E-state index is 13.1. The number of alkyl halides is 3. The molecule has 1 heterocycles. The smallest absolute Gasteiger partial charge is 0.416 e. The van der Waals surface area contributed by atoms with E-state index in [2.05, 4.69) is 15.3 Å². The van der Waals surface area contributed by atoms with Gasteiger partial charge in [0.25, 0.3) is 0 Å². The number of carbonyl (C=O) groups is 1. The lowest BCUT2D eigenvalue weighted by Crippen LogP contribution is -2.35. The molecule has 0 aliphatic heterocycles. The molecule has 2 unspecified atom stereocenters. The molecule has 9 heteroatoms. The molecular weight excluding hydrogens is 469 g/mol. The second kappa shape index (κ2) is 11.1. The Kier molecular flexibility index (Phi) is 7.88. The third-order valence-electron chi connectivity index (χ3n) is 6.26. The largest absolute Gasteiger partial charge is 0.439 e. The Morgan fingerprint density at radius 3 is 2.50 bits per heavy atom. The Morgan fingerprint density at radius 2 is 1.78 bits per heavy atom. The van der Waals surface area contributed by atoms with E-state index in [1.54, 1.807) is 36.4 Å². The van der Waals surface area contributed by atoms with Crippen molar-refractivity contribution in [1.82, 2.24) is 9.97 Å². The molecule has 6 nitrogen and oxygen atoms in total. The number of aryl methyl sites for hydroxylation is 1. The number of benzene rings is 2. The summed E-state index contributed by atoms with van der Waals surface area (Å²) in [7, 11) is 0. The molecule has 1 aliphatic rings. The molecule has 2 aromatic carbocycles. The highest BCUT2D eigenvalue weighted by molar-refractivity contribution is 5.83. The topological polar surface area (TPSA) is 90.1 Å². The summed E-state index contributed by atoms with van der Waals surface area (Å²) in [6.07, 6.45) is 1.11. The van der Waals surface area contributed by atoms with Gasteiger partial charge in [-0.15, -0.1) is 0 Å². The number of hydrogen-bond acceptors (Lipinski definition) is 6. The van der Waals surface area contributed by atoms with Crippen molar-refractivity contribution in [3.05, 3.63) is 77.1 Å². The van der Waals surface area contributed by atoms with E-state index in [0.717, 1.165) is 37.3 Å². The van der Waals surface area contributed by atoms with E-state index in [1.807, 2.05) is 0 Å². The molecule has 36 heavy (non-hydrogen) atoms. The maximum Gasteiger partial charge on any atom is 0.416 e. The Labute approximate surface area is 208 Å². The minimum atomic E-state index is -4.44. The van der Waals surface area contributed by atoms with Gasteiger partial charge in [-0.3, -0.25) is 4.79 Å². The number of aromatic nitrogens is 2. The Hall–Kier alpha value is -3.46.